The Morgan fingerprint density at radius 1 is 0.793 bits per heavy atom. The van der Waals surface area contributed by atoms with Crippen LogP contribution in [0.15, 0.2) is 54.6 Å². The Labute approximate surface area is 186 Å². The lowest BCUT2D eigenvalue weighted by Gasteiger charge is -2.34. The van der Waals surface area contributed by atoms with Crippen LogP contribution < -0.4 is 0 Å². The molecule has 5 nitrogen and oxygen atoms in total. The molecule has 3 N–H and O–H groups in total. The molecule has 1 unspecified atom stereocenters. The van der Waals surface area contributed by atoms with Gasteiger partial charge in [0, 0.05) is 16.1 Å². The van der Waals surface area contributed by atoms with E-state index in [-0.39, 0.29) is 31.8 Å². The molecule has 0 aliphatic rings. The van der Waals surface area contributed by atoms with E-state index in [1.807, 2.05) is 0 Å². The minimum Gasteiger partial charge on any atom is -0.508 e. The maximum atomic E-state index is 13.0. The van der Waals surface area contributed by atoms with Crippen molar-refractivity contribution in [3.05, 3.63) is 91.4 Å². The summed E-state index contributed by atoms with van der Waals surface area (Å²) in [6, 6.07) is 12.3. The molecule has 0 aromatic heterocycles. The molecule has 0 saturated carbocycles. The number of rotatable bonds is 4. The van der Waals surface area contributed by atoms with E-state index in [0.717, 1.165) is 6.07 Å². The minimum absolute atomic E-state index is 0.0137. The molecule has 0 heterocycles. The van der Waals surface area contributed by atoms with Crippen LogP contribution in [-0.4, -0.2) is 23.2 Å². The number of hydrogen-bond donors (Lipinski definition) is 3. The van der Waals surface area contributed by atoms with Gasteiger partial charge in [-0.3, -0.25) is 4.55 Å². The van der Waals surface area contributed by atoms with Crippen molar-refractivity contribution in [3.8, 4) is 11.5 Å². The minimum atomic E-state index is -5.11. The Hall–Kier alpha value is -1.67. The van der Waals surface area contributed by atoms with Crippen LogP contribution in [0.3, 0.4) is 0 Å². The third kappa shape index (κ3) is 3.54. The summed E-state index contributed by atoms with van der Waals surface area (Å²) in [4.78, 5) is 0. The van der Waals surface area contributed by atoms with Crippen molar-refractivity contribution in [2.24, 2.45) is 0 Å². The molecule has 0 fully saturated rings. The zero-order valence-corrected chi connectivity index (χ0v) is 18.1. The van der Waals surface area contributed by atoms with Crippen molar-refractivity contribution in [2.75, 3.05) is 0 Å². The lowest BCUT2D eigenvalue weighted by Crippen LogP contribution is -2.38. The van der Waals surface area contributed by atoms with Gasteiger partial charge in [0.2, 0.25) is 0 Å². The van der Waals surface area contributed by atoms with Crippen LogP contribution in [0.1, 0.15) is 16.7 Å². The van der Waals surface area contributed by atoms with Gasteiger partial charge in [-0.25, -0.2) is 0 Å². The topological polar surface area (TPSA) is 94.8 Å². The van der Waals surface area contributed by atoms with Crippen LogP contribution >= 0.6 is 46.4 Å². The van der Waals surface area contributed by atoms with Gasteiger partial charge in [-0.2, -0.15) is 8.42 Å². The van der Waals surface area contributed by atoms with Crippen LogP contribution in [0.2, 0.25) is 20.1 Å². The highest BCUT2D eigenvalue weighted by Crippen LogP contribution is 2.53. The molecule has 0 amide bonds. The first-order chi connectivity index (χ1) is 13.5. The lowest BCUT2D eigenvalue weighted by atomic mass is 9.83. The van der Waals surface area contributed by atoms with Gasteiger partial charge in [-0.15, -0.1) is 0 Å². The zero-order chi connectivity index (χ0) is 21.6. The number of benzene rings is 3. The number of aromatic hydroxyl groups is 2. The maximum absolute atomic E-state index is 13.0. The third-order valence-corrected chi connectivity index (χ3v) is 7.26. The number of phenols is 2. The molecule has 0 aliphatic heterocycles. The smallest absolute Gasteiger partial charge is 0.283 e. The predicted molar refractivity (Wildman–Crippen MR) is 114 cm³/mol. The Morgan fingerprint density at radius 2 is 1.41 bits per heavy atom. The molecular formula is C19H12Cl4O5S. The fourth-order valence-electron chi connectivity index (χ4n) is 3.19. The molecule has 152 valence electrons. The van der Waals surface area contributed by atoms with Gasteiger partial charge in [-0.1, -0.05) is 76.7 Å². The van der Waals surface area contributed by atoms with Gasteiger partial charge in [0.25, 0.3) is 10.1 Å². The summed E-state index contributed by atoms with van der Waals surface area (Å²) in [5.74, 6) is -1.17. The summed E-state index contributed by atoms with van der Waals surface area (Å²) < 4.78 is 33.9. The Balaban J connectivity index is 2.65. The lowest BCUT2D eigenvalue weighted by molar-refractivity contribution is 0.439. The second-order valence-corrected chi connectivity index (χ2v) is 9.23. The number of hydrogen-bond acceptors (Lipinski definition) is 4. The van der Waals surface area contributed by atoms with Crippen LogP contribution in [0.25, 0.3) is 0 Å². The van der Waals surface area contributed by atoms with Crippen LogP contribution in [0, 0.1) is 0 Å². The van der Waals surface area contributed by atoms with Crippen LogP contribution in [0.4, 0.5) is 0 Å². The number of halogens is 4. The highest BCUT2D eigenvalue weighted by atomic mass is 35.5. The van der Waals surface area contributed by atoms with E-state index in [9.17, 15) is 23.2 Å². The second-order valence-electron chi connectivity index (χ2n) is 6.07. The van der Waals surface area contributed by atoms with Gasteiger partial charge in [0.1, 0.15) is 10.8 Å². The first-order valence-corrected chi connectivity index (χ1v) is 10.9. The summed E-state index contributed by atoms with van der Waals surface area (Å²) in [7, 11) is -5.11. The van der Waals surface area contributed by atoms with E-state index in [2.05, 4.69) is 0 Å². The van der Waals surface area contributed by atoms with E-state index < -0.39 is 31.4 Å². The number of phenolic OH excluding ortho intramolecular Hbond substituents is 2. The van der Waals surface area contributed by atoms with Crippen molar-refractivity contribution in [2.45, 2.75) is 4.75 Å². The maximum Gasteiger partial charge on any atom is 0.283 e. The summed E-state index contributed by atoms with van der Waals surface area (Å²) >= 11 is 24.3. The summed E-state index contributed by atoms with van der Waals surface area (Å²) in [6.07, 6.45) is 0. The molecule has 0 bridgehead atoms. The zero-order valence-electron chi connectivity index (χ0n) is 14.3. The SMILES string of the molecule is O=S(=O)(O)C(c1ccccc1)(c1cc(Cl)ccc1O)c1cc(Cl)c(Cl)c(O)c1Cl. The van der Waals surface area contributed by atoms with Crippen molar-refractivity contribution in [3.63, 3.8) is 0 Å². The van der Waals surface area contributed by atoms with Crippen molar-refractivity contribution in [1.29, 1.82) is 0 Å². The first-order valence-electron chi connectivity index (χ1n) is 7.90. The van der Waals surface area contributed by atoms with Crippen LogP contribution in [0.5, 0.6) is 11.5 Å². The van der Waals surface area contributed by atoms with E-state index >= 15 is 0 Å². The van der Waals surface area contributed by atoms with Gasteiger partial charge in [0.05, 0.1) is 10.0 Å². The highest BCUT2D eigenvalue weighted by molar-refractivity contribution is 7.87. The molecule has 0 radical (unpaired) electrons. The van der Waals surface area contributed by atoms with Gasteiger partial charge < -0.3 is 10.2 Å². The molecule has 10 heteroatoms. The van der Waals surface area contributed by atoms with E-state index in [0.29, 0.717) is 0 Å². The van der Waals surface area contributed by atoms with Gasteiger partial charge in [0.15, 0.2) is 10.5 Å². The molecular weight excluding hydrogens is 482 g/mol. The van der Waals surface area contributed by atoms with Crippen molar-refractivity contribution in [1.82, 2.24) is 0 Å². The molecule has 1 atom stereocenters. The molecule has 0 aliphatic carbocycles. The Bertz CT molecular complexity index is 1200. The molecule has 3 aromatic carbocycles. The molecule has 0 spiro atoms. The predicted octanol–water partition coefficient (Wildman–Crippen LogP) is 5.89. The van der Waals surface area contributed by atoms with Gasteiger partial charge >= 0.3 is 0 Å². The monoisotopic (exact) mass is 492 g/mol. The standard InChI is InChI=1S/C19H12Cl4O5S/c20-11-6-7-15(24)12(8-11)19(29(26,27)28,10-4-2-1-3-5-10)13-9-14(21)17(23)18(25)16(13)22/h1-9,24-25H,(H,26,27,28). The Kier molecular flexibility index (Phi) is 5.98. The fourth-order valence-corrected chi connectivity index (χ4v) is 5.42. The summed E-state index contributed by atoms with van der Waals surface area (Å²) in [5, 5.41) is 19.9. The molecule has 0 saturated heterocycles. The molecule has 3 aromatic rings. The van der Waals surface area contributed by atoms with E-state index in [1.165, 1.54) is 42.5 Å². The highest BCUT2D eigenvalue weighted by Gasteiger charge is 2.52. The summed E-state index contributed by atoms with van der Waals surface area (Å²) in [6.45, 7) is 0. The average Bonchev–Trinajstić information content (AvgIpc) is 2.67. The van der Waals surface area contributed by atoms with Crippen LogP contribution in [-0.2, 0) is 14.9 Å². The second kappa shape index (κ2) is 7.87. The normalized spacial score (nSPS) is 13.8. The quantitative estimate of drug-likeness (QED) is 0.239. The Morgan fingerprint density at radius 3 is 2.00 bits per heavy atom. The van der Waals surface area contributed by atoms with E-state index in [4.69, 9.17) is 46.4 Å². The van der Waals surface area contributed by atoms with Crippen molar-refractivity contribution >= 4 is 56.5 Å². The van der Waals surface area contributed by atoms with Crippen molar-refractivity contribution < 1.29 is 23.2 Å². The average molecular weight is 494 g/mol. The molecule has 29 heavy (non-hydrogen) atoms. The third-order valence-electron chi connectivity index (χ3n) is 4.42. The first kappa shape index (κ1) is 22.0. The van der Waals surface area contributed by atoms with E-state index in [1.54, 1.807) is 6.07 Å². The molecule has 3 rings (SSSR count). The largest absolute Gasteiger partial charge is 0.508 e. The van der Waals surface area contributed by atoms with Gasteiger partial charge in [-0.05, 0) is 29.8 Å². The summed E-state index contributed by atoms with van der Waals surface area (Å²) in [5.41, 5.74) is -0.601. The fraction of sp³-hybridized carbons (Fsp3) is 0.0526.